The van der Waals surface area contributed by atoms with Gasteiger partial charge in [0.05, 0.1) is 21.3 Å². The predicted octanol–water partition coefficient (Wildman–Crippen LogP) is 3.34. The number of hydrogen-bond acceptors (Lipinski definition) is 3. The fraction of sp³-hybridized carbons (Fsp3) is 0. The van der Waals surface area contributed by atoms with Gasteiger partial charge in [-0.15, -0.1) is 0 Å². The zero-order valence-electron chi connectivity index (χ0n) is 9.93. The molecule has 1 aromatic heterocycles. The number of rotatable bonds is 3. The summed E-state index contributed by atoms with van der Waals surface area (Å²) in [4.78, 5) is 26.5. The van der Waals surface area contributed by atoms with Crippen LogP contribution in [0.15, 0.2) is 36.5 Å². The Kier molecular flexibility index (Phi) is 4.22. The molecule has 1 aromatic carbocycles. The molecule has 0 radical (unpaired) electrons. The molecule has 20 heavy (non-hydrogen) atoms. The Bertz CT molecular complexity index is 672. The molecular formula is C13H8Cl2N2O3. The fourth-order valence-electron chi connectivity index (χ4n) is 1.45. The van der Waals surface area contributed by atoms with Crippen molar-refractivity contribution in [3.63, 3.8) is 0 Å². The van der Waals surface area contributed by atoms with Gasteiger partial charge >= 0.3 is 5.97 Å². The lowest BCUT2D eigenvalue weighted by molar-refractivity contribution is 0.0696. The lowest BCUT2D eigenvalue weighted by atomic mass is 10.2. The van der Waals surface area contributed by atoms with Gasteiger partial charge in [-0.25, -0.2) is 9.78 Å². The van der Waals surface area contributed by atoms with E-state index in [-0.39, 0.29) is 16.3 Å². The Balaban J connectivity index is 2.19. The van der Waals surface area contributed by atoms with Crippen molar-refractivity contribution in [2.24, 2.45) is 0 Å². The van der Waals surface area contributed by atoms with Crippen LogP contribution < -0.4 is 5.32 Å². The second-order valence-corrected chi connectivity index (χ2v) is 4.66. The maximum Gasteiger partial charge on any atom is 0.335 e. The molecule has 0 fully saturated rings. The van der Waals surface area contributed by atoms with Crippen LogP contribution in [0.5, 0.6) is 0 Å². The van der Waals surface area contributed by atoms with Crippen molar-refractivity contribution in [1.82, 2.24) is 4.98 Å². The topological polar surface area (TPSA) is 79.3 Å². The first-order valence-electron chi connectivity index (χ1n) is 5.43. The summed E-state index contributed by atoms with van der Waals surface area (Å²) < 4.78 is 0. The molecule has 0 saturated carbocycles. The Morgan fingerprint density at radius 3 is 2.45 bits per heavy atom. The summed E-state index contributed by atoms with van der Waals surface area (Å²) in [6.45, 7) is 0. The van der Waals surface area contributed by atoms with E-state index in [1.807, 2.05) is 0 Å². The highest BCUT2D eigenvalue weighted by atomic mass is 35.5. The van der Waals surface area contributed by atoms with E-state index < -0.39 is 11.9 Å². The maximum atomic E-state index is 11.9. The van der Waals surface area contributed by atoms with Crippen LogP contribution in [-0.2, 0) is 0 Å². The number of halogens is 2. The van der Waals surface area contributed by atoms with Crippen molar-refractivity contribution in [2.75, 3.05) is 5.32 Å². The summed E-state index contributed by atoms with van der Waals surface area (Å²) in [5.41, 5.74) is 0.517. The summed E-state index contributed by atoms with van der Waals surface area (Å²) in [7, 11) is 0. The van der Waals surface area contributed by atoms with E-state index in [1.54, 1.807) is 6.07 Å². The van der Waals surface area contributed by atoms with Crippen molar-refractivity contribution >= 4 is 40.8 Å². The van der Waals surface area contributed by atoms with E-state index in [1.165, 1.54) is 30.5 Å². The number of carboxylic acids is 1. The summed E-state index contributed by atoms with van der Waals surface area (Å²) in [5, 5.41) is 11.9. The number of carbonyl (C=O) groups excluding carboxylic acids is 1. The van der Waals surface area contributed by atoms with Crippen LogP contribution >= 0.6 is 23.2 Å². The van der Waals surface area contributed by atoms with Gasteiger partial charge in [0, 0.05) is 6.20 Å². The van der Waals surface area contributed by atoms with Crippen molar-refractivity contribution in [2.45, 2.75) is 0 Å². The van der Waals surface area contributed by atoms with E-state index >= 15 is 0 Å². The number of benzene rings is 1. The number of carbonyl (C=O) groups is 2. The zero-order chi connectivity index (χ0) is 14.7. The molecule has 0 saturated heterocycles. The van der Waals surface area contributed by atoms with E-state index in [0.29, 0.717) is 10.7 Å². The van der Waals surface area contributed by atoms with E-state index in [0.717, 1.165) is 0 Å². The average molecular weight is 311 g/mol. The normalized spacial score (nSPS) is 10.1. The summed E-state index contributed by atoms with van der Waals surface area (Å²) in [6.07, 6.45) is 1.35. The van der Waals surface area contributed by atoms with Crippen LogP contribution in [-0.4, -0.2) is 22.0 Å². The Morgan fingerprint density at radius 2 is 1.90 bits per heavy atom. The molecule has 1 heterocycles. The Morgan fingerprint density at radius 1 is 1.15 bits per heavy atom. The van der Waals surface area contributed by atoms with Crippen molar-refractivity contribution < 1.29 is 14.7 Å². The number of aromatic nitrogens is 1. The summed E-state index contributed by atoms with van der Waals surface area (Å²) >= 11 is 11.6. The van der Waals surface area contributed by atoms with Gasteiger partial charge in [0.2, 0.25) is 0 Å². The van der Waals surface area contributed by atoms with Gasteiger partial charge in [0.15, 0.2) is 0 Å². The van der Waals surface area contributed by atoms with Crippen LogP contribution in [0.2, 0.25) is 10.0 Å². The van der Waals surface area contributed by atoms with Crippen LogP contribution in [0.1, 0.15) is 20.8 Å². The molecule has 0 spiro atoms. The number of nitrogens with zero attached hydrogens (tertiary/aromatic N) is 1. The van der Waals surface area contributed by atoms with E-state index in [2.05, 4.69) is 10.3 Å². The molecule has 5 nitrogen and oxygen atoms in total. The number of pyridine rings is 1. The van der Waals surface area contributed by atoms with Gasteiger partial charge in [0.1, 0.15) is 5.69 Å². The first-order valence-corrected chi connectivity index (χ1v) is 6.18. The lowest BCUT2D eigenvalue weighted by Gasteiger charge is -2.07. The van der Waals surface area contributed by atoms with Gasteiger partial charge in [-0.3, -0.25) is 4.79 Å². The molecule has 1 amide bonds. The molecule has 0 unspecified atom stereocenters. The SMILES string of the molecule is O=C(O)c1ccc(NC(=O)c2ccc(Cl)cn2)c(Cl)c1. The second kappa shape index (κ2) is 5.90. The minimum atomic E-state index is -1.09. The number of carboxylic acid groups (broad SMARTS) is 1. The quantitative estimate of drug-likeness (QED) is 0.911. The number of aromatic carboxylic acids is 1. The minimum absolute atomic E-state index is 0.0395. The minimum Gasteiger partial charge on any atom is -0.478 e. The van der Waals surface area contributed by atoms with Gasteiger partial charge in [-0.1, -0.05) is 23.2 Å². The summed E-state index contributed by atoms with van der Waals surface area (Å²) in [5.74, 6) is -1.56. The number of hydrogen-bond donors (Lipinski definition) is 2. The third-order valence-corrected chi connectivity index (χ3v) is 2.96. The molecule has 7 heteroatoms. The van der Waals surface area contributed by atoms with E-state index in [9.17, 15) is 9.59 Å². The highest BCUT2D eigenvalue weighted by Gasteiger charge is 2.11. The number of nitrogens with one attached hydrogen (secondary N) is 1. The average Bonchev–Trinajstić information content (AvgIpc) is 2.41. The third-order valence-electron chi connectivity index (χ3n) is 2.42. The van der Waals surface area contributed by atoms with Crippen molar-refractivity contribution in [3.8, 4) is 0 Å². The van der Waals surface area contributed by atoms with Gasteiger partial charge in [0.25, 0.3) is 5.91 Å². The van der Waals surface area contributed by atoms with E-state index in [4.69, 9.17) is 28.3 Å². The van der Waals surface area contributed by atoms with Crippen LogP contribution in [0.25, 0.3) is 0 Å². The van der Waals surface area contributed by atoms with Gasteiger partial charge < -0.3 is 10.4 Å². The molecule has 102 valence electrons. The molecule has 0 aliphatic rings. The smallest absolute Gasteiger partial charge is 0.335 e. The first kappa shape index (κ1) is 14.3. The van der Waals surface area contributed by atoms with Crippen LogP contribution in [0.4, 0.5) is 5.69 Å². The molecular weight excluding hydrogens is 303 g/mol. The maximum absolute atomic E-state index is 11.9. The van der Waals surface area contributed by atoms with Crippen LogP contribution in [0.3, 0.4) is 0 Å². The largest absolute Gasteiger partial charge is 0.478 e. The Hall–Kier alpha value is -2.11. The highest BCUT2D eigenvalue weighted by molar-refractivity contribution is 6.34. The van der Waals surface area contributed by atoms with Gasteiger partial charge in [-0.2, -0.15) is 0 Å². The van der Waals surface area contributed by atoms with Crippen molar-refractivity contribution in [1.29, 1.82) is 0 Å². The lowest BCUT2D eigenvalue weighted by Crippen LogP contribution is -2.14. The second-order valence-electron chi connectivity index (χ2n) is 3.82. The molecule has 0 bridgehead atoms. The standard InChI is InChI=1S/C13H8Cl2N2O3/c14-8-2-4-11(16-6-8)12(18)17-10-3-1-7(13(19)20)5-9(10)15/h1-6H,(H,17,18)(H,19,20). The molecule has 2 rings (SSSR count). The first-order chi connectivity index (χ1) is 9.47. The fourth-order valence-corrected chi connectivity index (χ4v) is 1.79. The predicted molar refractivity (Wildman–Crippen MR) is 75.6 cm³/mol. The molecule has 0 aliphatic carbocycles. The summed E-state index contributed by atoms with van der Waals surface area (Å²) in [6, 6.07) is 7.03. The number of amides is 1. The molecule has 2 aromatic rings. The number of anilines is 1. The monoisotopic (exact) mass is 310 g/mol. The van der Waals surface area contributed by atoms with Gasteiger partial charge in [-0.05, 0) is 30.3 Å². The molecule has 0 aliphatic heterocycles. The highest BCUT2D eigenvalue weighted by Crippen LogP contribution is 2.23. The zero-order valence-corrected chi connectivity index (χ0v) is 11.4. The molecule has 2 N–H and O–H groups in total. The van der Waals surface area contributed by atoms with Crippen molar-refractivity contribution in [3.05, 3.63) is 57.8 Å². The third kappa shape index (κ3) is 3.26. The Labute approximate surface area is 124 Å². The molecule has 0 atom stereocenters. The van der Waals surface area contributed by atoms with Crippen LogP contribution in [0, 0.1) is 0 Å².